The number of nitrogens with one attached hydrogen (secondary N) is 1. The van der Waals surface area contributed by atoms with Crippen LogP contribution in [-0.2, 0) is 18.3 Å². The molecule has 0 bridgehead atoms. The number of aromatic nitrogens is 2. The van der Waals surface area contributed by atoms with Crippen molar-refractivity contribution in [1.29, 1.82) is 0 Å². The predicted octanol–water partition coefficient (Wildman–Crippen LogP) is 2.25. The zero-order valence-corrected chi connectivity index (χ0v) is 13.8. The predicted molar refractivity (Wildman–Crippen MR) is 94.3 cm³/mol. The van der Waals surface area contributed by atoms with Crippen molar-refractivity contribution in [2.45, 2.75) is 6.42 Å². The van der Waals surface area contributed by atoms with E-state index in [0.717, 1.165) is 16.3 Å². The van der Waals surface area contributed by atoms with Gasteiger partial charge in [0, 0.05) is 19.8 Å². The largest absolute Gasteiger partial charge is 0.481 e. The van der Waals surface area contributed by atoms with Crippen molar-refractivity contribution in [3.05, 3.63) is 66.0 Å². The molecule has 1 amide bonds. The van der Waals surface area contributed by atoms with Crippen LogP contribution in [0, 0.1) is 5.92 Å². The molecule has 6 nitrogen and oxygen atoms in total. The summed E-state index contributed by atoms with van der Waals surface area (Å²) in [6.07, 6.45) is 1.88. The number of carbonyl (C=O) groups is 2. The molecule has 1 aromatic heterocycles. The van der Waals surface area contributed by atoms with Crippen LogP contribution in [0.2, 0.25) is 0 Å². The van der Waals surface area contributed by atoms with Crippen molar-refractivity contribution >= 4 is 22.6 Å². The number of hydrogen-bond donors (Lipinski definition) is 2. The Kier molecular flexibility index (Phi) is 4.79. The minimum Gasteiger partial charge on any atom is -0.481 e. The number of fused-ring (bicyclic) bond motifs is 1. The van der Waals surface area contributed by atoms with E-state index in [1.807, 2.05) is 42.5 Å². The van der Waals surface area contributed by atoms with Gasteiger partial charge in [-0.3, -0.25) is 14.3 Å². The van der Waals surface area contributed by atoms with Crippen LogP contribution in [0.25, 0.3) is 10.8 Å². The Morgan fingerprint density at radius 2 is 1.92 bits per heavy atom. The summed E-state index contributed by atoms with van der Waals surface area (Å²) in [6, 6.07) is 15.4. The molecule has 0 saturated carbocycles. The molecule has 0 aliphatic carbocycles. The fraction of sp³-hybridized carbons (Fsp3) is 0.211. The van der Waals surface area contributed by atoms with Crippen molar-refractivity contribution in [2.75, 3.05) is 6.54 Å². The highest BCUT2D eigenvalue weighted by Gasteiger charge is 2.20. The third-order valence-electron chi connectivity index (χ3n) is 4.21. The molecule has 3 rings (SSSR count). The van der Waals surface area contributed by atoms with E-state index in [4.69, 9.17) is 0 Å². The molecule has 0 radical (unpaired) electrons. The maximum atomic E-state index is 12.1. The molecule has 0 aliphatic rings. The molecule has 25 heavy (non-hydrogen) atoms. The molecule has 2 aromatic carbocycles. The Hall–Kier alpha value is -3.15. The summed E-state index contributed by atoms with van der Waals surface area (Å²) in [6.45, 7) is 0.0617. The fourth-order valence-corrected chi connectivity index (χ4v) is 2.80. The summed E-state index contributed by atoms with van der Waals surface area (Å²) in [4.78, 5) is 23.7. The molecule has 0 saturated heterocycles. The van der Waals surface area contributed by atoms with Crippen LogP contribution in [0.15, 0.2) is 54.7 Å². The van der Waals surface area contributed by atoms with Gasteiger partial charge < -0.3 is 10.4 Å². The number of carboxylic acids is 1. The molecular formula is C19H19N3O3. The number of nitrogens with zero attached hydrogens (tertiary/aromatic N) is 2. The smallest absolute Gasteiger partial charge is 0.308 e. The number of carboxylic acid groups (broad SMARTS) is 1. The second kappa shape index (κ2) is 7.17. The van der Waals surface area contributed by atoms with Crippen LogP contribution in [0.4, 0.5) is 0 Å². The third-order valence-corrected chi connectivity index (χ3v) is 4.21. The summed E-state index contributed by atoms with van der Waals surface area (Å²) in [5.74, 6) is -1.96. The first-order valence-electron chi connectivity index (χ1n) is 8.01. The van der Waals surface area contributed by atoms with Gasteiger partial charge in [0.05, 0.1) is 5.92 Å². The normalized spacial score (nSPS) is 12.0. The van der Waals surface area contributed by atoms with E-state index in [9.17, 15) is 14.7 Å². The molecule has 3 aromatic rings. The monoisotopic (exact) mass is 337 g/mol. The summed E-state index contributed by atoms with van der Waals surface area (Å²) in [7, 11) is 1.67. The first-order valence-corrected chi connectivity index (χ1v) is 8.01. The Balaban J connectivity index is 1.69. The highest BCUT2D eigenvalue weighted by atomic mass is 16.4. The van der Waals surface area contributed by atoms with Crippen molar-refractivity contribution in [3.8, 4) is 0 Å². The average molecular weight is 337 g/mol. The number of aryl methyl sites for hydroxylation is 1. The third kappa shape index (κ3) is 3.85. The van der Waals surface area contributed by atoms with Gasteiger partial charge in [-0.25, -0.2) is 0 Å². The van der Waals surface area contributed by atoms with Gasteiger partial charge in [-0.15, -0.1) is 0 Å². The lowest BCUT2D eigenvalue weighted by Crippen LogP contribution is -2.34. The lowest BCUT2D eigenvalue weighted by Gasteiger charge is -2.14. The van der Waals surface area contributed by atoms with Gasteiger partial charge in [-0.2, -0.15) is 5.10 Å². The quantitative estimate of drug-likeness (QED) is 0.722. The molecule has 6 heteroatoms. The van der Waals surface area contributed by atoms with E-state index in [1.165, 1.54) is 10.9 Å². The van der Waals surface area contributed by atoms with Crippen LogP contribution in [0.5, 0.6) is 0 Å². The number of amides is 1. The van der Waals surface area contributed by atoms with Crippen LogP contribution in [-0.4, -0.2) is 33.3 Å². The van der Waals surface area contributed by atoms with E-state index in [0.29, 0.717) is 12.1 Å². The van der Waals surface area contributed by atoms with Crippen molar-refractivity contribution in [2.24, 2.45) is 13.0 Å². The van der Waals surface area contributed by atoms with Crippen LogP contribution in [0.1, 0.15) is 16.1 Å². The minimum atomic E-state index is -0.932. The van der Waals surface area contributed by atoms with E-state index >= 15 is 0 Å². The van der Waals surface area contributed by atoms with Crippen LogP contribution >= 0.6 is 0 Å². The topological polar surface area (TPSA) is 84.2 Å². The van der Waals surface area contributed by atoms with E-state index in [-0.39, 0.29) is 12.5 Å². The molecule has 2 N–H and O–H groups in total. The van der Waals surface area contributed by atoms with Gasteiger partial charge in [-0.1, -0.05) is 42.5 Å². The van der Waals surface area contributed by atoms with Crippen molar-refractivity contribution < 1.29 is 14.7 Å². The van der Waals surface area contributed by atoms with Crippen molar-refractivity contribution in [1.82, 2.24) is 15.1 Å². The van der Waals surface area contributed by atoms with E-state index < -0.39 is 11.9 Å². The Morgan fingerprint density at radius 1 is 1.16 bits per heavy atom. The summed E-state index contributed by atoms with van der Waals surface area (Å²) in [5.41, 5.74) is 1.33. The number of hydrogen-bond acceptors (Lipinski definition) is 3. The first-order chi connectivity index (χ1) is 12.0. The summed E-state index contributed by atoms with van der Waals surface area (Å²) >= 11 is 0. The van der Waals surface area contributed by atoms with Gasteiger partial charge in [0.2, 0.25) is 0 Å². The Labute approximate surface area is 145 Å². The SMILES string of the molecule is Cn1nccc1C(=O)NC[C@H](Cc1ccc2ccccc2c1)C(=O)O. The maximum Gasteiger partial charge on any atom is 0.308 e. The molecule has 0 fully saturated rings. The zero-order chi connectivity index (χ0) is 17.8. The number of aliphatic carboxylic acids is 1. The second-order valence-electron chi connectivity index (χ2n) is 5.97. The molecule has 0 spiro atoms. The summed E-state index contributed by atoms with van der Waals surface area (Å²) in [5, 5.41) is 18.3. The molecular weight excluding hydrogens is 318 g/mol. The first kappa shape index (κ1) is 16.7. The standard InChI is InChI=1S/C19H19N3O3/c1-22-17(8-9-21-22)18(23)20-12-16(19(24)25)11-13-6-7-14-4-2-3-5-15(14)10-13/h2-10,16H,11-12H2,1H3,(H,20,23)(H,24,25)/t16-/m0/s1. The van der Waals surface area contributed by atoms with Gasteiger partial charge in [0.15, 0.2) is 0 Å². The number of carbonyl (C=O) groups excluding carboxylic acids is 1. The van der Waals surface area contributed by atoms with E-state index in [2.05, 4.69) is 10.4 Å². The highest BCUT2D eigenvalue weighted by molar-refractivity contribution is 5.92. The minimum absolute atomic E-state index is 0.0617. The van der Waals surface area contributed by atoms with Gasteiger partial charge in [-0.05, 0) is 28.8 Å². The van der Waals surface area contributed by atoms with Crippen LogP contribution in [0.3, 0.4) is 0 Å². The number of rotatable bonds is 6. The molecule has 1 atom stereocenters. The van der Waals surface area contributed by atoms with Gasteiger partial charge in [0.1, 0.15) is 5.69 Å². The van der Waals surface area contributed by atoms with Gasteiger partial charge in [0.25, 0.3) is 5.91 Å². The maximum absolute atomic E-state index is 12.1. The Morgan fingerprint density at radius 3 is 2.60 bits per heavy atom. The number of benzene rings is 2. The average Bonchev–Trinajstić information content (AvgIpc) is 3.04. The second-order valence-corrected chi connectivity index (χ2v) is 5.97. The van der Waals surface area contributed by atoms with E-state index in [1.54, 1.807) is 13.1 Å². The highest BCUT2D eigenvalue weighted by Crippen LogP contribution is 2.18. The van der Waals surface area contributed by atoms with Crippen molar-refractivity contribution in [3.63, 3.8) is 0 Å². The Bertz CT molecular complexity index is 917. The molecule has 1 heterocycles. The zero-order valence-electron chi connectivity index (χ0n) is 13.8. The fourth-order valence-electron chi connectivity index (χ4n) is 2.80. The molecule has 0 aliphatic heterocycles. The van der Waals surface area contributed by atoms with Crippen LogP contribution < -0.4 is 5.32 Å². The van der Waals surface area contributed by atoms with Gasteiger partial charge >= 0.3 is 5.97 Å². The lowest BCUT2D eigenvalue weighted by atomic mass is 9.97. The molecule has 128 valence electrons. The summed E-state index contributed by atoms with van der Waals surface area (Å²) < 4.78 is 1.45. The lowest BCUT2D eigenvalue weighted by molar-refractivity contribution is -0.141. The molecule has 0 unspecified atom stereocenters.